The van der Waals surface area contributed by atoms with Gasteiger partial charge in [-0.05, 0) is 36.8 Å². The number of aryl methyl sites for hydroxylation is 1. The van der Waals surface area contributed by atoms with Crippen LogP contribution in [-0.4, -0.2) is 10.9 Å². The highest BCUT2D eigenvalue weighted by molar-refractivity contribution is 6.29. The SMILES string of the molecule is Cc1ccc(F)c(NC(=O)c2ccnc(Cl)c2)c1. The number of nitrogens with one attached hydrogen (secondary N) is 1. The van der Waals surface area contributed by atoms with Gasteiger partial charge in [-0.25, -0.2) is 9.37 Å². The van der Waals surface area contributed by atoms with Crippen molar-refractivity contribution in [3.63, 3.8) is 0 Å². The molecule has 0 fully saturated rings. The minimum absolute atomic E-state index is 0.146. The highest BCUT2D eigenvalue weighted by Gasteiger charge is 2.10. The summed E-state index contributed by atoms with van der Waals surface area (Å²) < 4.78 is 13.5. The quantitative estimate of drug-likeness (QED) is 0.845. The van der Waals surface area contributed by atoms with Crippen LogP contribution < -0.4 is 5.32 Å². The first kappa shape index (κ1) is 12.5. The fraction of sp³-hybridized carbons (Fsp3) is 0.0769. The molecular formula is C13H10ClFN2O. The predicted molar refractivity (Wildman–Crippen MR) is 68.3 cm³/mol. The standard InChI is InChI=1S/C13H10ClFN2O/c1-8-2-3-10(15)11(6-8)17-13(18)9-4-5-16-12(14)7-9/h2-7H,1H3,(H,17,18). The van der Waals surface area contributed by atoms with Crippen LogP contribution in [0.25, 0.3) is 0 Å². The van der Waals surface area contributed by atoms with E-state index in [1.165, 1.54) is 24.4 Å². The van der Waals surface area contributed by atoms with E-state index in [0.29, 0.717) is 5.56 Å². The normalized spacial score (nSPS) is 10.2. The number of benzene rings is 1. The van der Waals surface area contributed by atoms with E-state index in [1.807, 2.05) is 6.92 Å². The Kier molecular flexibility index (Phi) is 3.58. The molecule has 92 valence electrons. The molecule has 0 aliphatic rings. The number of rotatable bonds is 2. The summed E-state index contributed by atoms with van der Waals surface area (Å²) in [5.74, 6) is -0.905. The van der Waals surface area contributed by atoms with Gasteiger partial charge in [-0.3, -0.25) is 4.79 Å². The van der Waals surface area contributed by atoms with Crippen molar-refractivity contribution in [1.82, 2.24) is 4.98 Å². The number of amides is 1. The van der Waals surface area contributed by atoms with Gasteiger partial charge in [0.15, 0.2) is 0 Å². The second kappa shape index (κ2) is 5.14. The molecule has 1 heterocycles. The monoisotopic (exact) mass is 264 g/mol. The lowest BCUT2D eigenvalue weighted by molar-refractivity contribution is 0.102. The molecule has 1 amide bonds. The van der Waals surface area contributed by atoms with Gasteiger partial charge in [-0.1, -0.05) is 17.7 Å². The van der Waals surface area contributed by atoms with Gasteiger partial charge in [0, 0.05) is 11.8 Å². The molecule has 0 spiro atoms. The molecule has 0 radical (unpaired) electrons. The van der Waals surface area contributed by atoms with Gasteiger partial charge in [0.05, 0.1) is 5.69 Å². The van der Waals surface area contributed by atoms with Crippen molar-refractivity contribution in [1.29, 1.82) is 0 Å². The van der Waals surface area contributed by atoms with Crippen molar-refractivity contribution < 1.29 is 9.18 Å². The number of hydrogen-bond acceptors (Lipinski definition) is 2. The average Bonchev–Trinajstić information content (AvgIpc) is 2.34. The number of anilines is 1. The third kappa shape index (κ3) is 2.84. The van der Waals surface area contributed by atoms with Gasteiger partial charge in [0.1, 0.15) is 11.0 Å². The number of halogens is 2. The molecule has 0 atom stereocenters. The van der Waals surface area contributed by atoms with Gasteiger partial charge in [0.25, 0.3) is 5.91 Å². The molecule has 2 aromatic rings. The van der Waals surface area contributed by atoms with E-state index in [0.717, 1.165) is 5.56 Å². The summed E-state index contributed by atoms with van der Waals surface area (Å²) in [6, 6.07) is 7.44. The number of nitrogens with zero attached hydrogens (tertiary/aromatic N) is 1. The van der Waals surface area contributed by atoms with Crippen LogP contribution in [0.15, 0.2) is 36.5 Å². The lowest BCUT2D eigenvalue weighted by atomic mass is 10.2. The zero-order valence-corrected chi connectivity index (χ0v) is 10.3. The molecule has 0 saturated carbocycles. The van der Waals surface area contributed by atoms with Crippen LogP contribution in [-0.2, 0) is 0 Å². The average molecular weight is 265 g/mol. The molecule has 0 aliphatic heterocycles. The van der Waals surface area contributed by atoms with Crippen LogP contribution in [0.2, 0.25) is 5.15 Å². The fourth-order valence-corrected chi connectivity index (χ4v) is 1.65. The number of carbonyl (C=O) groups is 1. The van der Waals surface area contributed by atoms with Crippen LogP contribution in [0.1, 0.15) is 15.9 Å². The van der Waals surface area contributed by atoms with Crippen molar-refractivity contribution >= 4 is 23.2 Å². The van der Waals surface area contributed by atoms with Crippen LogP contribution in [0.4, 0.5) is 10.1 Å². The molecule has 0 aliphatic carbocycles. The topological polar surface area (TPSA) is 42.0 Å². The molecule has 0 saturated heterocycles. The third-order valence-corrected chi connectivity index (χ3v) is 2.57. The highest BCUT2D eigenvalue weighted by atomic mass is 35.5. The smallest absolute Gasteiger partial charge is 0.255 e. The van der Waals surface area contributed by atoms with Crippen LogP contribution >= 0.6 is 11.6 Å². The number of aromatic nitrogens is 1. The van der Waals surface area contributed by atoms with E-state index in [9.17, 15) is 9.18 Å². The number of hydrogen-bond donors (Lipinski definition) is 1. The van der Waals surface area contributed by atoms with Crippen molar-refractivity contribution in [2.45, 2.75) is 6.92 Å². The predicted octanol–water partition coefficient (Wildman–Crippen LogP) is 3.43. The molecule has 0 unspecified atom stereocenters. The van der Waals surface area contributed by atoms with E-state index >= 15 is 0 Å². The first-order chi connectivity index (χ1) is 8.56. The lowest BCUT2D eigenvalue weighted by Gasteiger charge is -2.07. The van der Waals surface area contributed by atoms with Gasteiger partial charge in [-0.2, -0.15) is 0 Å². The molecule has 1 aromatic carbocycles. The Hall–Kier alpha value is -1.94. The summed E-state index contributed by atoms with van der Waals surface area (Å²) in [4.78, 5) is 15.6. The van der Waals surface area contributed by atoms with Gasteiger partial charge in [-0.15, -0.1) is 0 Å². The Balaban J connectivity index is 2.24. The Morgan fingerprint density at radius 1 is 1.33 bits per heavy atom. The number of pyridine rings is 1. The third-order valence-electron chi connectivity index (χ3n) is 2.36. The Morgan fingerprint density at radius 2 is 2.11 bits per heavy atom. The second-order valence-electron chi connectivity index (χ2n) is 3.80. The van der Waals surface area contributed by atoms with Gasteiger partial charge in [0.2, 0.25) is 0 Å². The maximum atomic E-state index is 13.5. The second-order valence-corrected chi connectivity index (χ2v) is 4.19. The Labute approximate surface area is 109 Å². The van der Waals surface area contributed by atoms with Crippen molar-refractivity contribution in [3.8, 4) is 0 Å². The first-order valence-electron chi connectivity index (χ1n) is 5.25. The van der Waals surface area contributed by atoms with E-state index in [-0.39, 0.29) is 10.8 Å². The van der Waals surface area contributed by atoms with Crippen molar-refractivity contribution in [3.05, 3.63) is 58.6 Å². The summed E-state index contributed by atoms with van der Waals surface area (Å²) in [7, 11) is 0. The molecular weight excluding hydrogens is 255 g/mol. The maximum Gasteiger partial charge on any atom is 0.255 e. The maximum absolute atomic E-state index is 13.5. The molecule has 3 nitrogen and oxygen atoms in total. The summed E-state index contributed by atoms with van der Waals surface area (Å²) in [6.45, 7) is 1.82. The largest absolute Gasteiger partial charge is 0.319 e. The zero-order chi connectivity index (χ0) is 13.1. The summed E-state index contributed by atoms with van der Waals surface area (Å²) >= 11 is 5.68. The Bertz CT molecular complexity index is 601. The molecule has 2 rings (SSSR count). The summed E-state index contributed by atoms with van der Waals surface area (Å²) in [5, 5.41) is 2.71. The zero-order valence-electron chi connectivity index (χ0n) is 9.58. The Morgan fingerprint density at radius 3 is 2.83 bits per heavy atom. The highest BCUT2D eigenvalue weighted by Crippen LogP contribution is 2.17. The minimum atomic E-state index is -0.478. The summed E-state index contributed by atoms with van der Waals surface area (Å²) in [5.41, 5.74) is 1.34. The summed E-state index contributed by atoms with van der Waals surface area (Å²) in [6.07, 6.45) is 1.42. The lowest BCUT2D eigenvalue weighted by Crippen LogP contribution is -2.13. The molecule has 5 heteroatoms. The van der Waals surface area contributed by atoms with Crippen molar-refractivity contribution in [2.75, 3.05) is 5.32 Å². The van der Waals surface area contributed by atoms with E-state index in [4.69, 9.17) is 11.6 Å². The van der Waals surface area contributed by atoms with Crippen LogP contribution in [0.3, 0.4) is 0 Å². The van der Waals surface area contributed by atoms with Gasteiger partial charge < -0.3 is 5.32 Å². The fourth-order valence-electron chi connectivity index (χ4n) is 1.47. The molecule has 18 heavy (non-hydrogen) atoms. The van der Waals surface area contributed by atoms with Gasteiger partial charge >= 0.3 is 0 Å². The minimum Gasteiger partial charge on any atom is -0.319 e. The molecule has 0 bridgehead atoms. The van der Waals surface area contributed by atoms with Crippen LogP contribution in [0.5, 0.6) is 0 Å². The van der Waals surface area contributed by atoms with E-state index in [1.54, 1.807) is 12.1 Å². The van der Waals surface area contributed by atoms with E-state index < -0.39 is 11.7 Å². The van der Waals surface area contributed by atoms with E-state index in [2.05, 4.69) is 10.3 Å². The van der Waals surface area contributed by atoms with Crippen molar-refractivity contribution in [2.24, 2.45) is 0 Å². The molecule has 1 N–H and O–H groups in total. The number of carbonyl (C=O) groups excluding carboxylic acids is 1. The first-order valence-corrected chi connectivity index (χ1v) is 5.63. The molecule has 1 aromatic heterocycles. The van der Waals surface area contributed by atoms with Crippen LogP contribution in [0, 0.1) is 12.7 Å².